The standard InChI is InChI=1S/C20H16N4O4S2/c1-3-27-18(26)13-6-4-12(5-7-13)16-9-8-15(28-16)10-14(11-21)17(25)22-19-23-20(29-2)24-30-19/h4-10H,3H2,1-2H3,(H,22,23,24,25). The predicted molar refractivity (Wildman–Crippen MR) is 114 cm³/mol. The van der Waals surface area contributed by atoms with E-state index in [-0.39, 0.29) is 5.57 Å². The van der Waals surface area contributed by atoms with Crippen LogP contribution in [0.3, 0.4) is 0 Å². The van der Waals surface area contributed by atoms with Crippen molar-refractivity contribution in [3.63, 3.8) is 0 Å². The molecule has 0 unspecified atom stereocenters. The summed E-state index contributed by atoms with van der Waals surface area (Å²) in [6.45, 7) is 2.05. The molecule has 10 heteroatoms. The number of nitrogens with zero attached hydrogens (tertiary/aromatic N) is 3. The second kappa shape index (κ2) is 9.87. The van der Waals surface area contributed by atoms with Crippen LogP contribution in [0.1, 0.15) is 23.0 Å². The largest absolute Gasteiger partial charge is 0.462 e. The van der Waals surface area contributed by atoms with E-state index in [1.54, 1.807) is 43.3 Å². The van der Waals surface area contributed by atoms with Crippen molar-refractivity contribution in [2.75, 3.05) is 18.2 Å². The van der Waals surface area contributed by atoms with E-state index in [0.717, 1.165) is 17.1 Å². The van der Waals surface area contributed by atoms with Crippen LogP contribution in [0.5, 0.6) is 0 Å². The molecule has 1 N–H and O–H groups in total. The first-order valence-corrected chi connectivity index (χ1v) is 10.7. The Bertz CT molecular complexity index is 1130. The van der Waals surface area contributed by atoms with E-state index in [9.17, 15) is 14.9 Å². The van der Waals surface area contributed by atoms with Crippen LogP contribution < -0.4 is 5.32 Å². The van der Waals surface area contributed by atoms with Gasteiger partial charge in [-0.25, -0.2) is 4.79 Å². The summed E-state index contributed by atoms with van der Waals surface area (Å²) in [6, 6.07) is 12.0. The molecule has 3 rings (SSSR count). The van der Waals surface area contributed by atoms with E-state index in [1.165, 1.54) is 17.8 Å². The van der Waals surface area contributed by atoms with E-state index >= 15 is 0 Å². The molecule has 0 bridgehead atoms. The highest BCUT2D eigenvalue weighted by Gasteiger charge is 2.14. The van der Waals surface area contributed by atoms with E-state index < -0.39 is 11.9 Å². The summed E-state index contributed by atoms with van der Waals surface area (Å²) in [6.07, 6.45) is 3.18. The van der Waals surface area contributed by atoms with Gasteiger partial charge in [-0.15, -0.1) is 0 Å². The van der Waals surface area contributed by atoms with E-state index in [2.05, 4.69) is 14.7 Å². The van der Waals surface area contributed by atoms with Gasteiger partial charge >= 0.3 is 5.97 Å². The number of anilines is 1. The number of rotatable bonds is 7. The third-order valence-corrected chi connectivity index (χ3v) is 5.06. The molecule has 0 spiro atoms. The van der Waals surface area contributed by atoms with Gasteiger partial charge in [0, 0.05) is 23.2 Å². The minimum atomic E-state index is -0.599. The van der Waals surface area contributed by atoms with Gasteiger partial charge in [-0.1, -0.05) is 23.9 Å². The predicted octanol–water partition coefficient (Wildman–Crippen LogP) is 4.24. The second-order valence-electron chi connectivity index (χ2n) is 5.71. The zero-order valence-electron chi connectivity index (χ0n) is 16.0. The normalized spacial score (nSPS) is 11.0. The third-order valence-electron chi connectivity index (χ3n) is 3.77. The number of amides is 1. The lowest BCUT2D eigenvalue weighted by Crippen LogP contribution is -2.13. The number of carbonyl (C=O) groups excluding carboxylic acids is 2. The molecule has 30 heavy (non-hydrogen) atoms. The molecule has 0 aliphatic rings. The fourth-order valence-electron chi connectivity index (χ4n) is 2.37. The van der Waals surface area contributed by atoms with Crippen molar-refractivity contribution in [1.29, 1.82) is 5.26 Å². The highest BCUT2D eigenvalue weighted by Crippen LogP contribution is 2.24. The molecule has 0 atom stereocenters. The average Bonchev–Trinajstić information content (AvgIpc) is 3.41. The summed E-state index contributed by atoms with van der Waals surface area (Å²) in [4.78, 5) is 28.2. The van der Waals surface area contributed by atoms with Crippen molar-refractivity contribution in [2.24, 2.45) is 0 Å². The number of nitrogens with one attached hydrogen (secondary N) is 1. The van der Waals surface area contributed by atoms with Crippen LogP contribution in [0.4, 0.5) is 5.13 Å². The summed E-state index contributed by atoms with van der Waals surface area (Å²) >= 11 is 2.39. The lowest BCUT2D eigenvalue weighted by atomic mass is 10.1. The van der Waals surface area contributed by atoms with Crippen LogP contribution in [0.15, 0.2) is 51.5 Å². The molecule has 0 fully saturated rings. The lowest BCUT2D eigenvalue weighted by Gasteiger charge is -2.02. The lowest BCUT2D eigenvalue weighted by molar-refractivity contribution is -0.112. The molecule has 0 saturated carbocycles. The van der Waals surface area contributed by atoms with Gasteiger partial charge in [0.05, 0.1) is 12.2 Å². The van der Waals surface area contributed by atoms with Gasteiger partial charge in [0.1, 0.15) is 23.2 Å². The molecule has 0 saturated heterocycles. The maximum Gasteiger partial charge on any atom is 0.338 e. The Hall–Kier alpha value is -3.42. The average molecular weight is 441 g/mol. The van der Waals surface area contributed by atoms with Crippen LogP contribution in [-0.4, -0.2) is 34.1 Å². The van der Waals surface area contributed by atoms with Gasteiger partial charge in [-0.2, -0.15) is 14.6 Å². The first kappa shape index (κ1) is 21.3. The molecule has 1 aromatic carbocycles. The van der Waals surface area contributed by atoms with Crippen LogP contribution in [0, 0.1) is 11.3 Å². The Kier molecular flexibility index (Phi) is 7.00. The molecule has 3 aromatic rings. The van der Waals surface area contributed by atoms with Crippen molar-refractivity contribution >= 4 is 46.4 Å². The molecule has 152 valence electrons. The zero-order chi connectivity index (χ0) is 21.5. The third kappa shape index (κ3) is 5.14. The van der Waals surface area contributed by atoms with Crippen molar-refractivity contribution in [3.05, 3.63) is 53.3 Å². The molecule has 2 aromatic heterocycles. The Balaban J connectivity index is 1.73. The summed E-state index contributed by atoms with van der Waals surface area (Å²) in [5.41, 5.74) is 1.05. The Morgan fingerprint density at radius 2 is 2.07 bits per heavy atom. The number of thioether (sulfide) groups is 1. The maximum atomic E-state index is 12.3. The van der Waals surface area contributed by atoms with Crippen molar-refractivity contribution in [2.45, 2.75) is 12.1 Å². The number of esters is 1. The number of furan rings is 1. The fraction of sp³-hybridized carbons (Fsp3) is 0.150. The van der Waals surface area contributed by atoms with Crippen LogP contribution >= 0.6 is 23.3 Å². The fourth-order valence-corrected chi connectivity index (χ4v) is 3.49. The van der Waals surface area contributed by atoms with Crippen molar-refractivity contribution < 1.29 is 18.7 Å². The monoisotopic (exact) mass is 440 g/mol. The molecular weight excluding hydrogens is 424 g/mol. The van der Waals surface area contributed by atoms with E-state index in [0.29, 0.717) is 34.0 Å². The van der Waals surface area contributed by atoms with Crippen molar-refractivity contribution in [3.8, 4) is 17.4 Å². The number of benzene rings is 1. The van der Waals surface area contributed by atoms with Crippen LogP contribution in [0.2, 0.25) is 0 Å². The Morgan fingerprint density at radius 3 is 2.70 bits per heavy atom. The SMILES string of the molecule is CCOC(=O)c1ccc(-c2ccc(C=C(C#N)C(=O)Nc3nc(SC)ns3)o2)cc1. The van der Waals surface area contributed by atoms with Gasteiger partial charge in [-0.05, 0) is 37.4 Å². The summed E-state index contributed by atoms with van der Waals surface area (Å²) in [7, 11) is 0. The highest BCUT2D eigenvalue weighted by molar-refractivity contribution is 7.98. The maximum absolute atomic E-state index is 12.3. The quantitative estimate of drug-likeness (QED) is 0.251. The summed E-state index contributed by atoms with van der Waals surface area (Å²) < 4.78 is 14.7. The van der Waals surface area contributed by atoms with E-state index in [4.69, 9.17) is 9.15 Å². The van der Waals surface area contributed by atoms with Gasteiger partial charge in [0.25, 0.3) is 5.91 Å². The summed E-state index contributed by atoms with van der Waals surface area (Å²) in [5, 5.41) is 12.7. The molecule has 0 aliphatic carbocycles. The smallest absolute Gasteiger partial charge is 0.338 e. The van der Waals surface area contributed by atoms with Gasteiger partial charge in [-0.3, -0.25) is 10.1 Å². The number of ether oxygens (including phenoxy) is 1. The van der Waals surface area contributed by atoms with Gasteiger partial charge in [0.15, 0.2) is 0 Å². The Morgan fingerprint density at radius 1 is 1.30 bits per heavy atom. The number of carbonyl (C=O) groups is 2. The molecule has 0 aliphatic heterocycles. The topological polar surface area (TPSA) is 118 Å². The van der Waals surface area contributed by atoms with Gasteiger partial charge < -0.3 is 9.15 Å². The number of nitriles is 1. The molecule has 0 radical (unpaired) electrons. The minimum absolute atomic E-state index is 0.130. The van der Waals surface area contributed by atoms with Crippen molar-refractivity contribution in [1.82, 2.24) is 9.36 Å². The zero-order valence-corrected chi connectivity index (χ0v) is 17.7. The first-order chi connectivity index (χ1) is 14.5. The number of hydrogen-bond donors (Lipinski definition) is 1. The number of hydrogen-bond acceptors (Lipinski definition) is 9. The van der Waals surface area contributed by atoms with Crippen LogP contribution in [0.25, 0.3) is 17.4 Å². The molecule has 1 amide bonds. The second-order valence-corrected chi connectivity index (χ2v) is 7.24. The Labute approximate surface area is 180 Å². The molecular formula is C20H16N4O4S2. The molecule has 2 heterocycles. The number of aromatic nitrogens is 2. The highest BCUT2D eigenvalue weighted by atomic mass is 32.2. The molecule has 8 nitrogen and oxygen atoms in total. The minimum Gasteiger partial charge on any atom is -0.462 e. The summed E-state index contributed by atoms with van der Waals surface area (Å²) in [5.74, 6) is -0.119. The van der Waals surface area contributed by atoms with E-state index in [1.807, 2.05) is 12.3 Å². The van der Waals surface area contributed by atoms with Gasteiger partial charge in [0.2, 0.25) is 10.3 Å². The first-order valence-electron chi connectivity index (χ1n) is 8.72. The van der Waals surface area contributed by atoms with Crippen LogP contribution in [-0.2, 0) is 9.53 Å².